The highest BCUT2D eigenvalue weighted by molar-refractivity contribution is 8.15. The molecule has 3 heterocycles. The van der Waals surface area contributed by atoms with Crippen LogP contribution in [-0.4, -0.2) is 60.3 Å². The minimum absolute atomic E-state index is 0.0347. The molecule has 0 radical (unpaired) electrons. The Hall–Kier alpha value is -1.54. The van der Waals surface area contributed by atoms with Crippen LogP contribution in [0.15, 0.2) is 29.3 Å². The lowest BCUT2D eigenvalue weighted by Gasteiger charge is -2.26. The van der Waals surface area contributed by atoms with Crippen molar-refractivity contribution in [1.29, 1.82) is 0 Å². The normalized spacial score (nSPS) is 27.7. The molecule has 2 saturated heterocycles. The number of carbonyl (C=O) groups excluding carboxylic acids is 1. The molecule has 3 aliphatic heterocycles. The van der Waals surface area contributed by atoms with Gasteiger partial charge < -0.3 is 10.2 Å². The number of sulfone groups is 1. The van der Waals surface area contributed by atoms with E-state index in [1.54, 1.807) is 0 Å². The first kappa shape index (κ1) is 16.9. The third kappa shape index (κ3) is 3.69. The molecule has 2 atom stereocenters. The zero-order valence-corrected chi connectivity index (χ0v) is 15.5. The van der Waals surface area contributed by atoms with Crippen LogP contribution in [-0.2, 0) is 9.84 Å². The van der Waals surface area contributed by atoms with Crippen LogP contribution in [0.5, 0.6) is 0 Å². The summed E-state index contributed by atoms with van der Waals surface area (Å²) < 4.78 is 23.2. The van der Waals surface area contributed by atoms with Crippen molar-refractivity contribution < 1.29 is 13.2 Å². The maximum Gasteiger partial charge on any atom is 0.253 e. The molecule has 8 heteroatoms. The van der Waals surface area contributed by atoms with Gasteiger partial charge in [0.2, 0.25) is 0 Å². The summed E-state index contributed by atoms with van der Waals surface area (Å²) in [5, 5.41) is 4.03. The molecule has 1 N–H and O–H groups in total. The van der Waals surface area contributed by atoms with Gasteiger partial charge in [0.15, 0.2) is 15.0 Å². The second kappa shape index (κ2) is 6.64. The number of thioether (sulfide) groups is 1. The molecule has 1 aromatic rings. The number of anilines is 1. The summed E-state index contributed by atoms with van der Waals surface area (Å²) in [5.41, 5.74) is 1.57. The molecule has 1 amide bonds. The quantitative estimate of drug-likeness (QED) is 0.850. The summed E-state index contributed by atoms with van der Waals surface area (Å²) in [7, 11) is -2.93. The largest absolute Gasteiger partial charge is 0.339 e. The third-order valence-electron chi connectivity index (χ3n) is 4.84. The molecule has 25 heavy (non-hydrogen) atoms. The van der Waals surface area contributed by atoms with Crippen LogP contribution in [0.2, 0.25) is 0 Å². The molecule has 0 aromatic heterocycles. The Morgan fingerprint density at radius 1 is 1.12 bits per heavy atom. The number of hydrogen-bond donors (Lipinski definition) is 1. The highest BCUT2D eigenvalue weighted by atomic mass is 32.2. The number of nitrogens with one attached hydrogen (secondary N) is 1. The second-order valence-electron chi connectivity index (χ2n) is 6.79. The summed E-state index contributed by atoms with van der Waals surface area (Å²) in [4.78, 5) is 18.9. The lowest BCUT2D eigenvalue weighted by molar-refractivity contribution is 0.0724. The monoisotopic (exact) mass is 379 g/mol. The molecular weight excluding hydrogens is 358 g/mol. The van der Waals surface area contributed by atoms with E-state index >= 15 is 0 Å². The van der Waals surface area contributed by atoms with Gasteiger partial charge in [0.05, 0.1) is 17.5 Å². The SMILES string of the molecule is O=C(c1ccc(NC2=N[C@H]3CS(=O)(=O)C[C@H]3S2)cc1)N1CCCCC1. The number of piperidine rings is 1. The lowest BCUT2D eigenvalue weighted by atomic mass is 10.1. The van der Waals surface area contributed by atoms with E-state index in [0.29, 0.717) is 5.56 Å². The van der Waals surface area contributed by atoms with Gasteiger partial charge in [0, 0.05) is 29.6 Å². The Labute approximate surface area is 152 Å². The fraction of sp³-hybridized carbons (Fsp3) is 0.529. The number of aliphatic imine (C=N–C) groups is 1. The lowest BCUT2D eigenvalue weighted by Crippen LogP contribution is -2.35. The molecule has 0 bridgehead atoms. The molecule has 0 aliphatic carbocycles. The van der Waals surface area contributed by atoms with Crippen molar-refractivity contribution in [3.63, 3.8) is 0 Å². The predicted octanol–water partition coefficient (Wildman–Crippen LogP) is 1.99. The van der Waals surface area contributed by atoms with Gasteiger partial charge in [-0.3, -0.25) is 9.79 Å². The van der Waals surface area contributed by atoms with E-state index in [-0.39, 0.29) is 28.7 Å². The number of likely N-dealkylation sites (tertiary alicyclic amines) is 1. The third-order valence-corrected chi connectivity index (χ3v) is 7.99. The molecule has 0 spiro atoms. The van der Waals surface area contributed by atoms with Gasteiger partial charge in [-0.1, -0.05) is 11.8 Å². The molecule has 134 valence electrons. The van der Waals surface area contributed by atoms with Crippen molar-refractivity contribution in [2.45, 2.75) is 30.6 Å². The predicted molar refractivity (Wildman–Crippen MR) is 101 cm³/mol. The van der Waals surface area contributed by atoms with E-state index in [1.807, 2.05) is 29.2 Å². The highest BCUT2D eigenvalue weighted by Gasteiger charge is 2.42. The van der Waals surface area contributed by atoms with Gasteiger partial charge in [0.25, 0.3) is 5.91 Å². The van der Waals surface area contributed by atoms with E-state index in [0.717, 1.165) is 36.8 Å². The molecule has 6 nitrogen and oxygen atoms in total. The Balaban J connectivity index is 1.39. The van der Waals surface area contributed by atoms with Gasteiger partial charge >= 0.3 is 0 Å². The first-order valence-electron chi connectivity index (χ1n) is 8.61. The van der Waals surface area contributed by atoms with Crippen LogP contribution in [0.3, 0.4) is 0 Å². The van der Waals surface area contributed by atoms with E-state index in [1.165, 1.54) is 18.2 Å². The average molecular weight is 380 g/mol. The molecule has 0 saturated carbocycles. The van der Waals surface area contributed by atoms with Crippen molar-refractivity contribution in [1.82, 2.24) is 4.90 Å². The Bertz CT molecular complexity index is 799. The highest BCUT2D eigenvalue weighted by Crippen LogP contribution is 2.34. The van der Waals surface area contributed by atoms with Crippen LogP contribution in [0.25, 0.3) is 0 Å². The van der Waals surface area contributed by atoms with Gasteiger partial charge in [0.1, 0.15) is 0 Å². The maximum absolute atomic E-state index is 12.5. The van der Waals surface area contributed by atoms with Crippen LogP contribution in [0.1, 0.15) is 29.6 Å². The first-order chi connectivity index (χ1) is 12.0. The van der Waals surface area contributed by atoms with Crippen molar-refractivity contribution in [3.05, 3.63) is 29.8 Å². The Morgan fingerprint density at radius 3 is 2.52 bits per heavy atom. The Kier molecular flexibility index (Phi) is 4.49. The zero-order valence-electron chi connectivity index (χ0n) is 13.8. The minimum Gasteiger partial charge on any atom is -0.339 e. The fourth-order valence-corrected chi connectivity index (χ4v) is 7.19. The van der Waals surface area contributed by atoms with Gasteiger partial charge in [-0.2, -0.15) is 0 Å². The summed E-state index contributed by atoms with van der Waals surface area (Å²) in [6.07, 6.45) is 3.37. The number of nitrogens with zero attached hydrogens (tertiary/aromatic N) is 2. The number of rotatable bonds is 2. The first-order valence-corrected chi connectivity index (χ1v) is 11.3. The van der Waals surface area contributed by atoms with Crippen LogP contribution in [0.4, 0.5) is 5.69 Å². The van der Waals surface area contributed by atoms with Gasteiger partial charge in [-0.25, -0.2) is 8.42 Å². The molecule has 1 aromatic carbocycles. The summed E-state index contributed by atoms with van der Waals surface area (Å²) in [5.74, 6) is 0.456. The smallest absolute Gasteiger partial charge is 0.253 e. The second-order valence-corrected chi connectivity index (χ2v) is 10.2. The number of carbonyl (C=O) groups is 1. The number of hydrogen-bond acceptors (Lipinski definition) is 6. The molecule has 0 unspecified atom stereocenters. The molecule has 3 aliphatic rings. The number of benzene rings is 1. The standard InChI is InChI=1S/C17H21N3O3S2/c21-16(20-8-2-1-3-9-20)12-4-6-13(7-5-12)18-17-19-14-10-25(22,23)11-15(14)24-17/h4-7,14-15H,1-3,8-11H2,(H,18,19)/t14-,15+/m0/s1. The van der Waals surface area contributed by atoms with Crippen LogP contribution < -0.4 is 5.32 Å². The Morgan fingerprint density at radius 2 is 1.84 bits per heavy atom. The average Bonchev–Trinajstić information content (AvgIpc) is 3.08. The minimum atomic E-state index is -2.93. The zero-order chi connectivity index (χ0) is 17.4. The van der Waals surface area contributed by atoms with E-state index in [4.69, 9.17) is 0 Å². The summed E-state index contributed by atoms with van der Waals surface area (Å²) >= 11 is 1.50. The van der Waals surface area contributed by atoms with Crippen molar-refractivity contribution in [2.75, 3.05) is 29.9 Å². The molecule has 4 rings (SSSR count). The van der Waals surface area contributed by atoms with E-state index in [9.17, 15) is 13.2 Å². The maximum atomic E-state index is 12.5. The van der Waals surface area contributed by atoms with E-state index < -0.39 is 9.84 Å². The van der Waals surface area contributed by atoms with Gasteiger partial charge in [-0.15, -0.1) is 0 Å². The van der Waals surface area contributed by atoms with Gasteiger partial charge in [-0.05, 0) is 43.5 Å². The fourth-order valence-electron chi connectivity index (χ4n) is 3.52. The van der Waals surface area contributed by atoms with Crippen LogP contribution >= 0.6 is 11.8 Å². The van der Waals surface area contributed by atoms with E-state index in [2.05, 4.69) is 10.3 Å². The number of fused-ring (bicyclic) bond motifs is 1. The molecule has 2 fully saturated rings. The van der Waals surface area contributed by atoms with Crippen molar-refractivity contribution in [2.24, 2.45) is 4.99 Å². The summed E-state index contributed by atoms with van der Waals surface area (Å²) in [6, 6.07) is 7.31. The van der Waals surface area contributed by atoms with Crippen molar-refractivity contribution in [3.8, 4) is 0 Å². The van der Waals surface area contributed by atoms with Crippen LogP contribution in [0, 0.1) is 0 Å². The summed E-state index contributed by atoms with van der Waals surface area (Å²) in [6.45, 7) is 1.69. The topological polar surface area (TPSA) is 78.8 Å². The molecular formula is C17H21N3O3S2. The number of amides is 1. The van der Waals surface area contributed by atoms with Crippen molar-refractivity contribution >= 4 is 38.4 Å². The number of amidine groups is 1.